The van der Waals surface area contributed by atoms with Crippen LogP contribution in [0.15, 0.2) is 55.1 Å². The monoisotopic (exact) mass is 492 g/mol. The molecule has 176 valence electrons. The van der Waals surface area contributed by atoms with E-state index < -0.39 is 17.4 Å². The number of carbonyl (C=O) groups excluding carboxylic acids is 1. The number of halogens is 3. The van der Waals surface area contributed by atoms with Gasteiger partial charge in [0, 0.05) is 28.5 Å². The maximum atomic E-state index is 13.7. The molecule has 33 heavy (non-hydrogen) atoms. The van der Waals surface area contributed by atoms with Gasteiger partial charge in [-0.25, -0.2) is 9.18 Å². The third-order valence-electron chi connectivity index (χ3n) is 6.47. The standard InChI is InChI=1S/C25H27Cl2FN2O3/c1-3-4-22(23(31)29-16(2)17-13-19(26)15-20(27)14-17)25(18-5-7-21(28)8-6-18)9-11-30(12-10-25)24(32)33/h3,5-8,13-16,22H,1,4,9-12H2,2H3,(H,29,31)(H,32,33). The van der Waals surface area contributed by atoms with Crippen molar-refractivity contribution in [3.8, 4) is 0 Å². The number of rotatable bonds is 7. The van der Waals surface area contributed by atoms with E-state index in [2.05, 4.69) is 11.9 Å². The predicted molar refractivity (Wildman–Crippen MR) is 128 cm³/mol. The summed E-state index contributed by atoms with van der Waals surface area (Å²) in [6, 6.07) is 10.9. The summed E-state index contributed by atoms with van der Waals surface area (Å²) in [4.78, 5) is 26.5. The van der Waals surface area contributed by atoms with Gasteiger partial charge < -0.3 is 15.3 Å². The fourth-order valence-electron chi connectivity index (χ4n) is 4.69. The summed E-state index contributed by atoms with van der Waals surface area (Å²) < 4.78 is 13.7. The molecule has 0 aliphatic carbocycles. The molecule has 0 radical (unpaired) electrons. The average molecular weight is 493 g/mol. The summed E-state index contributed by atoms with van der Waals surface area (Å²) in [5, 5.41) is 13.4. The summed E-state index contributed by atoms with van der Waals surface area (Å²) in [6.07, 6.45) is 1.97. The molecule has 2 unspecified atom stereocenters. The Morgan fingerprint density at radius 2 is 1.76 bits per heavy atom. The second-order valence-electron chi connectivity index (χ2n) is 8.44. The van der Waals surface area contributed by atoms with Crippen LogP contribution >= 0.6 is 23.2 Å². The van der Waals surface area contributed by atoms with Gasteiger partial charge in [0.15, 0.2) is 0 Å². The molecule has 1 aliphatic heterocycles. The highest BCUT2D eigenvalue weighted by Gasteiger charge is 2.46. The molecule has 2 amide bonds. The van der Waals surface area contributed by atoms with Crippen molar-refractivity contribution in [2.45, 2.75) is 37.6 Å². The fourth-order valence-corrected chi connectivity index (χ4v) is 5.23. The lowest BCUT2D eigenvalue weighted by atomic mass is 9.63. The van der Waals surface area contributed by atoms with E-state index >= 15 is 0 Å². The summed E-state index contributed by atoms with van der Waals surface area (Å²) in [5.41, 5.74) is 0.924. The largest absolute Gasteiger partial charge is 0.465 e. The molecule has 0 bridgehead atoms. The second-order valence-corrected chi connectivity index (χ2v) is 9.32. The summed E-state index contributed by atoms with van der Waals surface area (Å²) in [6.45, 7) is 6.26. The third kappa shape index (κ3) is 5.68. The van der Waals surface area contributed by atoms with Crippen LogP contribution in [0.3, 0.4) is 0 Å². The van der Waals surface area contributed by atoms with E-state index in [4.69, 9.17) is 23.2 Å². The number of carbonyl (C=O) groups is 2. The van der Waals surface area contributed by atoms with Gasteiger partial charge in [0.25, 0.3) is 0 Å². The van der Waals surface area contributed by atoms with E-state index in [1.54, 1.807) is 36.4 Å². The maximum absolute atomic E-state index is 13.7. The normalized spacial score (nSPS) is 17.2. The predicted octanol–water partition coefficient (Wildman–Crippen LogP) is 6.21. The zero-order valence-electron chi connectivity index (χ0n) is 18.4. The maximum Gasteiger partial charge on any atom is 0.407 e. The van der Waals surface area contributed by atoms with Crippen molar-refractivity contribution in [3.63, 3.8) is 0 Å². The smallest absolute Gasteiger partial charge is 0.407 e. The van der Waals surface area contributed by atoms with Crippen LogP contribution in [-0.4, -0.2) is 35.1 Å². The second kappa shape index (κ2) is 10.6. The summed E-state index contributed by atoms with van der Waals surface area (Å²) in [5.74, 6) is -1.08. The minimum Gasteiger partial charge on any atom is -0.465 e. The number of nitrogens with zero attached hydrogens (tertiary/aromatic N) is 1. The summed E-state index contributed by atoms with van der Waals surface area (Å²) >= 11 is 12.3. The van der Waals surface area contributed by atoms with Crippen molar-refractivity contribution in [2.24, 2.45) is 5.92 Å². The molecule has 1 aliphatic rings. The number of benzene rings is 2. The molecule has 2 atom stereocenters. The molecule has 2 N–H and O–H groups in total. The Hall–Kier alpha value is -2.57. The molecule has 0 aromatic heterocycles. The molecule has 8 heteroatoms. The molecule has 1 heterocycles. The first-order valence-electron chi connectivity index (χ1n) is 10.8. The molecule has 0 saturated carbocycles. The van der Waals surface area contributed by atoms with E-state index in [1.165, 1.54) is 17.0 Å². The number of likely N-dealkylation sites (tertiary alicyclic amines) is 1. The molecule has 1 fully saturated rings. The number of carboxylic acid groups (broad SMARTS) is 1. The van der Waals surface area contributed by atoms with Gasteiger partial charge >= 0.3 is 6.09 Å². The Bertz CT molecular complexity index is 1000. The molecule has 3 rings (SSSR count). The highest BCUT2D eigenvalue weighted by molar-refractivity contribution is 6.34. The molecular weight excluding hydrogens is 466 g/mol. The Kier molecular flexibility index (Phi) is 8.03. The van der Waals surface area contributed by atoms with E-state index in [0.29, 0.717) is 29.3 Å². The topological polar surface area (TPSA) is 69.6 Å². The number of allylic oxidation sites excluding steroid dienone is 1. The van der Waals surface area contributed by atoms with Gasteiger partial charge in [0.1, 0.15) is 5.82 Å². The molecule has 0 spiro atoms. The number of hydrogen-bond acceptors (Lipinski definition) is 2. The Morgan fingerprint density at radius 3 is 2.27 bits per heavy atom. The SMILES string of the molecule is C=CCC(C(=O)NC(C)c1cc(Cl)cc(Cl)c1)C1(c2ccc(F)cc2)CCN(C(=O)O)CC1. The minimum absolute atomic E-state index is 0.188. The van der Waals surface area contributed by atoms with Gasteiger partial charge in [-0.05, 0) is 67.6 Å². The first-order chi connectivity index (χ1) is 15.7. The molecule has 1 saturated heterocycles. The zero-order valence-corrected chi connectivity index (χ0v) is 19.9. The van der Waals surface area contributed by atoms with E-state index in [-0.39, 0.29) is 30.9 Å². The average Bonchev–Trinajstić information content (AvgIpc) is 2.77. The van der Waals surface area contributed by atoms with Crippen LogP contribution in [0.4, 0.5) is 9.18 Å². The quantitative estimate of drug-likeness (QED) is 0.451. The lowest BCUT2D eigenvalue weighted by molar-refractivity contribution is -0.128. The van der Waals surface area contributed by atoms with Gasteiger partial charge in [-0.3, -0.25) is 4.79 Å². The lowest BCUT2D eigenvalue weighted by Crippen LogP contribution is -2.52. The van der Waals surface area contributed by atoms with E-state index in [9.17, 15) is 19.1 Å². The lowest BCUT2D eigenvalue weighted by Gasteiger charge is -2.46. The first kappa shape index (κ1) is 25.1. The highest BCUT2D eigenvalue weighted by Crippen LogP contribution is 2.44. The number of nitrogens with one attached hydrogen (secondary N) is 1. The Morgan fingerprint density at radius 1 is 1.18 bits per heavy atom. The number of piperidine rings is 1. The van der Waals surface area contributed by atoms with Crippen LogP contribution in [-0.2, 0) is 10.2 Å². The van der Waals surface area contributed by atoms with Crippen LogP contribution < -0.4 is 5.32 Å². The van der Waals surface area contributed by atoms with Gasteiger partial charge in [-0.15, -0.1) is 6.58 Å². The number of hydrogen-bond donors (Lipinski definition) is 2. The van der Waals surface area contributed by atoms with Gasteiger partial charge in [0.2, 0.25) is 5.91 Å². The van der Waals surface area contributed by atoms with Crippen molar-refractivity contribution in [1.82, 2.24) is 10.2 Å². The van der Waals surface area contributed by atoms with Crippen molar-refractivity contribution < 1.29 is 19.1 Å². The fraction of sp³-hybridized carbons (Fsp3) is 0.360. The van der Waals surface area contributed by atoms with Crippen molar-refractivity contribution in [1.29, 1.82) is 0 Å². The minimum atomic E-state index is -0.987. The molecular formula is C25H27Cl2FN2O3. The number of amides is 2. The Labute approximate surface area is 203 Å². The van der Waals surface area contributed by atoms with E-state index in [1.807, 2.05) is 6.92 Å². The van der Waals surface area contributed by atoms with Crippen LogP contribution in [0, 0.1) is 11.7 Å². The van der Waals surface area contributed by atoms with Crippen LogP contribution in [0.1, 0.15) is 43.4 Å². The van der Waals surface area contributed by atoms with Gasteiger partial charge in [-0.1, -0.05) is 41.4 Å². The molecule has 2 aromatic rings. The zero-order chi connectivity index (χ0) is 24.2. The van der Waals surface area contributed by atoms with Crippen LogP contribution in [0.25, 0.3) is 0 Å². The molecule has 5 nitrogen and oxygen atoms in total. The Balaban J connectivity index is 1.94. The van der Waals surface area contributed by atoms with E-state index in [0.717, 1.165) is 11.1 Å². The molecule has 2 aromatic carbocycles. The highest BCUT2D eigenvalue weighted by atomic mass is 35.5. The van der Waals surface area contributed by atoms with Crippen molar-refractivity contribution >= 4 is 35.2 Å². The third-order valence-corrected chi connectivity index (χ3v) is 6.91. The van der Waals surface area contributed by atoms with Gasteiger partial charge in [-0.2, -0.15) is 0 Å². The van der Waals surface area contributed by atoms with Crippen molar-refractivity contribution in [3.05, 3.63) is 82.1 Å². The summed E-state index contributed by atoms with van der Waals surface area (Å²) in [7, 11) is 0. The van der Waals surface area contributed by atoms with Crippen LogP contribution in [0.2, 0.25) is 10.0 Å². The van der Waals surface area contributed by atoms with Crippen molar-refractivity contribution in [2.75, 3.05) is 13.1 Å². The first-order valence-corrected chi connectivity index (χ1v) is 11.5. The van der Waals surface area contributed by atoms with Crippen LogP contribution in [0.5, 0.6) is 0 Å². The van der Waals surface area contributed by atoms with Gasteiger partial charge in [0.05, 0.1) is 12.0 Å².